The highest BCUT2D eigenvalue weighted by Gasteiger charge is 2.43. The second kappa shape index (κ2) is 6.93. The summed E-state index contributed by atoms with van der Waals surface area (Å²) < 4.78 is 1.90. The summed E-state index contributed by atoms with van der Waals surface area (Å²) in [5, 5.41) is 11.8. The molecule has 2 saturated carbocycles. The number of hydrogen-bond acceptors (Lipinski definition) is 5. The molecule has 2 aliphatic carbocycles. The van der Waals surface area contributed by atoms with Gasteiger partial charge in [-0.3, -0.25) is 9.69 Å². The molecule has 2 saturated heterocycles. The van der Waals surface area contributed by atoms with E-state index in [1.54, 1.807) is 0 Å². The smallest absolute Gasteiger partial charge is 0.276 e. The zero-order valence-electron chi connectivity index (χ0n) is 15.5. The Balaban J connectivity index is 1.17. The molecular weight excluding hydrogens is 328 g/mol. The zero-order valence-corrected chi connectivity index (χ0v) is 15.5. The minimum Gasteiger partial charge on any atom is -0.335 e. The molecule has 1 N–H and O–H groups in total. The van der Waals surface area contributed by atoms with Gasteiger partial charge in [-0.1, -0.05) is 11.6 Å². The van der Waals surface area contributed by atoms with Crippen LogP contribution in [0.25, 0.3) is 0 Å². The molecule has 7 heteroatoms. The quantitative estimate of drug-likeness (QED) is 0.878. The Morgan fingerprint density at radius 2 is 1.85 bits per heavy atom. The van der Waals surface area contributed by atoms with Gasteiger partial charge in [-0.25, -0.2) is 4.68 Å². The van der Waals surface area contributed by atoms with E-state index in [-0.39, 0.29) is 5.91 Å². The van der Waals surface area contributed by atoms with Gasteiger partial charge in [0.05, 0.1) is 12.2 Å². The van der Waals surface area contributed by atoms with Gasteiger partial charge in [-0.2, -0.15) is 0 Å². The zero-order chi connectivity index (χ0) is 17.5. The Bertz CT molecular complexity index is 646. The van der Waals surface area contributed by atoms with Crippen LogP contribution in [0.15, 0.2) is 6.20 Å². The number of nitrogens with zero attached hydrogens (tertiary/aromatic N) is 5. The monoisotopic (exact) mass is 358 g/mol. The number of carbonyl (C=O) groups excluding carboxylic acids is 1. The summed E-state index contributed by atoms with van der Waals surface area (Å²) in [4.78, 5) is 17.5. The Morgan fingerprint density at radius 1 is 1.04 bits per heavy atom. The normalized spacial score (nSPS) is 33.1. The van der Waals surface area contributed by atoms with Gasteiger partial charge in [0.1, 0.15) is 0 Å². The van der Waals surface area contributed by atoms with Crippen LogP contribution in [0, 0.1) is 11.8 Å². The van der Waals surface area contributed by atoms with Crippen molar-refractivity contribution in [2.24, 2.45) is 11.8 Å². The molecule has 4 aliphatic rings. The molecule has 2 bridgehead atoms. The fraction of sp³-hybridized carbons (Fsp3) is 0.842. The second-order valence-electron chi connectivity index (χ2n) is 8.64. The van der Waals surface area contributed by atoms with Crippen molar-refractivity contribution in [3.8, 4) is 0 Å². The third-order valence-corrected chi connectivity index (χ3v) is 7.18. The molecule has 0 aromatic carbocycles. The van der Waals surface area contributed by atoms with E-state index in [9.17, 15) is 4.79 Å². The molecule has 1 aromatic heterocycles. The Morgan fingerprint density at radius 3 is 2.54 bits per heavy atom. The van der Waals surface area contributed by atoms with Crippen LogP contribution in [-0.2, 0) is 0 Å². The summed E-state index contributed by atoms with van der Waals surface area (Å²) in [5.41, 5.74) is 0.511. The van der Waals surface area contributed by atoms with Crippen LogP contribution >= 0.6 is 0 Å². The topological polar surface area (TPSA) is 66.3 Å². The molecule has 7 nitrogen and oxygen atoms in total. The maximum Gasteiger partial charge on any atom is 0.276 e. The SMILES string of the molecule is O=C(c1cn(C2CCNCC2)nn1)N1CCN(C2CC3CCC2C3)CC1. The van der Waals surface area contributed by atoms with Crippen LogP contribution in [0.4, 0.5) is 0 Å². The molecular formula is C19H30N6O. The average Bonchev–Trinajstić information content (AvgIpc) is 3.45. The highest BCUT2D eigenvalue weighted by atomic mass is 16.2. The Kier molecular flexibility index (Phi) is 4.44. The molecule has 1 aromatic rings. The van der Waals surface area contributed by atoms with Crippen molar-refractivity contribution in [1.82, 2.24) is 30.1 Å². The van der Waals surface area contributed by atoms with E-state index >= 15 is 0 Å². The highest BCUT2D eigenvalue weighted by molar-refractivity contribution is 5.92. The summed E-state index contributed by atoms with van der Waals surface area (Å²) in [6, 6.07) is 1.16. The van der Waals surface area contributed by atoms with E-state index < -0.39 is 0 Å². The molecule has 142 valence electrons. The number of aromatic nitrogens is 3. The van der Waals surface area contributed by atoms with Gasteiger partial charge in [-0.05, 0) is 57.0 Å². The molecule has 0 radical (unpaired) electrons. The molecule has 4 fully saturated rings. The predicted molar refractivity (Wildman–Crippen MR) is 97.9 cm³/mol. The van der Waals surface area contributed by atoms with Crippen molar-refractivity contribution in [1.29, 1.82) is 0 Å². The number of piperazine rings is 1. The van der Waals surface area contributed by atoms with E-state index in [4.69, 9.17) is 0 Å². The number of piperidine rings is 1. The standard InChI is InChI=1S/C19H30N6O/c26-19(17-13-25(22-21-17)16-3-5-20-6-4-16)24-9-7-23(8-10-24)18-12-14-1-2-15(18)11-14/h13-16,18,20H,1-12H2. The molecule has 26 heavy (non-hydrogen) atoms. The van der Waals surface area contributed by atoms with Crippen LogP contribution in [-0.4, -0.2) is 76.0 Å². The van der Waals surface area contributed by atoms with Gasteiger partial charge in [0.2, 0.25) is 0 Å². The third kappa shape index (κ3) is 3.05. The van der Waals surface area contributed by atoms with E-state index in [0.717, 1.165) is 70.0 Å². The third-order valence-electron chi connectivity index (χ3n) is 7.18. The van der Waals surface area contributed by atoms with E-state index in [2.05, 4.69) is 20.5 Å². The van der Waals surface area contributed by atoms with Crippen molar-refractivity contribution >= 4 is 5.91 Å². The van der Waals surface area contributed by atoms with Crippen LogP contribution in [0.5, 0.6) is 0 Å². The lowest BCUT2D eigenvalue weighted by atomic mass is 9.93. The van der Waals surface area contributed by atoms with Crippen molar-refractivity contribution in [3.05, 3.63) is 11.9 Å². The van der Waals surface area contributed by atoms with Gasteiger partial charge in [-0.15, -0.1) is 5.10 Å². The van der Waals surface area contributed by atoms with Gasteiger partial charge in [0, 0.05) is 32.2 Å². The lowest BCUT2D eigenvalue weighted by Gasteiger charge is -2.40. The first-order chi connectivity index (χ1) is 12.8. The lowest BCUT2D eigenvalue weighted by Crippen LogP contribution is -2.53. The largest absolute Gasteiger partial charge is 0.335 e. The summed E-state index contributed by atoms with van der Waals surface area (Å²) >= 11 is 0. The van der Waals surface area contributed by atoms with E-state index in [0.29, 0.717) is 11.7 Å². The fourth-order valence-corrected chi connectivity index (χ4v) is 5.70. The predicted octanol–water partition coefficient (Wildman–Crippen LogP) is 1.15. The van der Waals surface area contributed by atoms with E-state index in [1.165, 1.54) is 25.7 Å². The van der Waals surface area contributed by atoms with Gasteiger partial charge in [0.15, 0.2) is 5.69 Å². The van der Waals surface area contributed by atoms with Crippen molar-refractivity contribution < 1.29 is 4.79 Å². The lowest BCUT2D eigenvalue weighted by molar-refractivity contribution is 0.0491. The van der Waals surface area contributed by atoms with Crippen LogP contribution < -0.4 is 5.32 Å². The number of carbonyl (C=O) groups is 1. The Hall–Kier alpha value is -1.47. The van der Waals surface area contributed by atoms with Crippen molar-refractivity contribution in [3.63, 3.8) is 0 Å². The van der Waals surface area contributed by atoms with Gasteiger partial charge >= 0.3 is 0 Å². The molecule has 1 amide bonds. The van der Waals surface area contributed by atoms with Crippen LogP contribution in [0.1, 0.15) is 55.1 Å². The van der Waals surface area contributed by atoms with Crippen LogP contribution in [0.3, 0.4) is 0 Å². The summed E-state index contributed by atoms with van der Waals surface area (Å²) in [6.07, 6.45) is 9.69. The summed E-state index contributed by atoms with van der Waals surface area (Å²) in [5.74, 6) is 1.96. The molecule has 3 heterocycles. The number of nitrogens with one attached hydrogen (secondary N) is 1. The first-order valence-electron chi connectivity index (χ1n) is 10.4. The molecule has 3 unspecified atom stereocenters. The Labute approximate surface area is 155 Å². The maximum absolute atomic E-state index is 12.8. The summed E-state index contributed by atoms with van der Waals surface area (Å²) in [7, 11) is 0. The fourth-order valence-electron chi connectivity index (χ4n) is 5.70. The summed E-state index contributed by atoms with van der Waals surface area (Å²) in [6.45, 7) is 5.71. The van der Waals surface area contributed by atoms with E-state index in [1.807, 2.05) is 15.8 Å². The molecule has 3 atom stereocenters. The first-order valence-corrected chi connectivity index (χ1v) is 10.4. The minimum absolute atomic E-state index is 0.0535. The second-order valence-corrected chi connectivity index (χ2v) is 8.64. The van der Waals surface area contributed by atoms with Gasteiger partial charge in [0.25, 0.3) is 5.91 Å². The van der Waals surface area contributed by atoms with Crippen molar-refractivity contribution in [2.45, 2.75) is 50.6 Å². The number of amides is 1. The average molecular weight is 358 g/mol. The van der Waals surface area contributed by atoms with Crippen LogP contribution in [0.2, 0.25) is 0 Å². The van der Waals surface area contributed by atoms with Gasteiger partial charge < -0.3 is 10.2 Å². The molecule has 0 spiro atoms. The highest BCUT2D eigenvalue weighted by Crippen LogP contribution is 2.46. The maximum atomic E-state index is 12.8. The molecule has 5 rings (SSSR count). The number of hydrogen-bond donors (Lipinski definition) is 1. The van der Waals surface area contributed by atoms with Crippen molar-refractivity contribution in [2.75, 3.05) is 39.3 Å². The first kappa shape index (κ1) is 16.7. The number of rotatable bonds is 3. The molecule has 2 aliphatic heterocycles. The minimum atomic E-state index is 0.0535. The number of fused-ring (bicyclic) bond motifs is 2.